The molecule has 0 bridgehead atoms. The zero-order valence-corrected chi connectivity index (χ0v) is 10.9. The Bertz CT molecular complexity index is 342. The maximum absolute atomic E-state index is 5.90. The minimum Gasteiger partial charge on any atom is -0.249 e. The molecular formula is C12H20ClN3. The van der Waals surface area contributed by atoms with Crippen molar-refractivity contribution in [2.75, 3.05) is 0 Å². The standard InChI is InChI=1S/C12H20ClN3/c1-9(2)5-6-16-12(7-10-3-4-10)11(8-13)14-15-16/h9-10H,3-8H2,1-2H3. The molecule has 2 rings (SSSR count). The molecule has 0 aromatic carbocycles. The van der Waals surface area contributed by atoms with Crippen LogP contribution in [0, 0.1) is 11.8 Å². The lowest BCUT2D eigenvalue weighted by Crippen LogP contribution is -2.09. The van der Waals surface area contributed by atoms with Gasteiger partial charge in [-0.3, -0.25) is 0 Å². The Morgan fingerprint density at radius 1 is 1.44 bits per heavy atom. The third-order valence-electron chi connectivity index (χ3n) is 3.14. The fourth-order valence-electron chi connectivity index (χ4n) is 1.85. The first kappa shape index (κ1) is 11.9. The van der Waals surface area contributed by atoms with Gasteiger partial charge in [0.2, 0.25) is 0 Å². The molecule has 16 heavy (non-hydrogen) atoms. The zero-order chi connectivity index (χ0) is 11.5. The third-order valence-corrected chi connectivity index (χ3v) is 3.40. The number of nitrogens with zero attached hydrogens (tertiary/aromatic N) is 3. The van der Waals surface area contributed by atoms with Crippen LogP contribution >= 0.6 is 11.6 Å². The monoisotopic (exact) mass is 241 g/mol. The van der Waals surface area contributed by atoms with Crippen LogP contribution in [0.5, 0.6) is 0 Å². The second kappa shape index (κ2) is 5.17. The minimum atomic E-state index is 0.490. The lowest BCUT2D eigenvalue weighted by molar-refractivity contribution is 0.464. The molecule has 0 spiro atoms. The number of aryl methyl sites for hydroxylation is 1. The molecular weight excluding hydrogens is 222 g/mol. The van der Waals surface area contributed by atoms with E-state index in [1.807, 2.05) is 0 Å². The average molecular weight is 242 g/mol. The number of hydrogen-bond acceptors (Lipinski definition) is 2. The Morgan fingerprint density at radius 2 is 2.19 bits per heavy atom. The molecule has 1 aromatic heterocycles. The van der Waals surface area contributed by atoms with E-state index >= 15 is 0 Å². The normalized spacial score (nSPS) is 16.0. The Hall–Kier alpha value is -0.570. The number of halogens is 1. The van der Waals surface area contributed by atoms with Gasteiger partial charge in [-0.25, -0.2) is 4.68 Å². The van der Waals surface area contributed by atoms with E-state index in [0.29, 0.717) is 11.8 Å². The van der Waals surface area contributed by atoms with Gasteiger partial charge in [0.1, 0.15) is 5.69 Å². The number of aromatic nitrogens is 3. The van der Waals surface area contributed by atoms with Crippen LogP contribution in [-0.4, -0.2) is 15.0 Å². The summed E-state index contributed by atoms with van der Waals surface area (Å²) in [6.07, 6.45) is 4.99. The molecule has 0 unspecified atom stereocenters. The molecule has 1 saturated carbocycles. The van der Waals surface area contributed by atoms with Gasteiger partial charge in [-0.1, -0.05) is 19.1 Å². The summed E-state index contributed by atoms with van der Waals surface area (Å²) >= 11 is 5.90. The molecule has 4 heteroatoms. The van der Waals surface area contributed by atoms with Crippen molar-refractivity contribution in [2.45, 2.75) is 52.0 Å². The average Bonchev–Trinajstić information content (AvgIpc) is 2.96. The van der Waals surface area contributed by atoms with E-state index in [1.165, 1.54) is 18.5 Å². The van der Waals surface area contributed by atoms with Crippen LogP contribution in [0.1, 0.15) is 44.5 Å². The van der Waals surface area contributed by atoms with Gasteiger partial charge in [0.25, 0.3) is 0 Å². The fraction of sp³-hybridized carbons (Fsp3) is 0.833. The highest BCUT2D eigenvalue weighted by atomic mass is 35.5. The molecule has 0 N–H and O–H groups in total. The first-order valence-electron chi connectivity index (χ1n) is 6.18. The van der Waals surface area contributed by atoms with Crippen LogP contribution in [0.2, 0.25) is 0 Å². The van der Waals surface area contributed by atoms with E-state index in [4.69, 9.17) is 11.6 Å². The number of rotatable bonds is 6. The molecule has 3 nitrogen and oxygen atoms in total. The summed E-state index contributed by atoms with van der Waals surface area (Å²) < 4.78 is 2.07. The molecule has 1 fully saturated rings. The van der Waals surface area contributed by atoms with Crippen LogP contribution < -0.4 is 0 Å². The Morgan fingerprint density at radius 3 is 2.75 bits per heavy atom. The van der Waals surface area contributed by atoms with Crippen molar-refractivity contribution in [1.29, 1.82) is 0 Å². The van der Waals surface area contributed by atoms with E-state index in [-0.39, 0.29) is 0 Å². The molecule has 1 heterocycles. The quantitative estimate of drug-likeness (QED) is 0.717. The zero-order valence-electron chi connectivity index (χ0n) is 10.1. The van der Waals surface area contributed by atoms with E-state index in [2.05, 4.69) is 28.8 Å². The van der Waals surface area contributed by atoms with Crippen LogP contribution in [0.15, 0.2) is 0 Å². The van der Waals surface area contributed by atoms with Gasteiger partial charge in [-0.15, -0.1) is 16.7 Å². The predicted molar refractivity (Wildman–Crippen MR) is 65.5 cm³/mol. The van der Waals surface area contributed by atoms with Crippen molar-refractivity contribution < 1.29 is 0 Å². The molecule has 1 aromatic rings. The van der Waals surface area contributed by atoms with Gasteiger partial charge in [0.15, 0.2) is 0 Å². The molecule has 1 aliphatic rings. The Kier molecular flexibility index (Phi) is 3.85. The summed E-state index contributed by atoms with van der Waals surface area (Å²) in [5, 5.41) is 8.40. The molecule has 0 radical (unpaired) electrons. The Labute approximate surface area is 102 Å². The van der Waals surface area contributed by atoms with Crippen LogP contribution in [0.4, 0.5) is 0 Å². The van der Waals surface area contributed by atoms with Crippen molar-refractivity contribution in [3.05, 3.63) is 11.4 Å². The van der Waals surface area contributed by atoms with Gasteiger partial charge in [-0.2, -0.15) is 0 Å². The lowest BCUT2D eigenvalue weighted by Gasteiger charge is -2.08. The summed E-state index contributed by atoms with van der Waals surface area (Å²) in [5.41, 5.74) is 2.26. The van der Waals surface area contributed by atoms with Gasteiger partial charge in [-0.05, 0) is 37.5 Å². The highest BCUT2D eigenvalue weighted by molar-refractivity contribution is 6.16. The number of hydrogen-bond donors (Lipinski definition) is 0. The van der Waals surface area contributed by atoms with E-state index in [9.17, 15) is 0 Å². The smallest absolute Gasteiger partial charge is 0.101 e. The SMILES string of the molecule is CC(C)CCn1nnc(CCl)c1CC1CC1. The maximum Gasteiger partial charge on any atom is 0.101 e. The molecule has 0 amide bonds. The van der Waals surface area contributed by atoms with Crippen molar-refractivity contribution in [3.8, 4) is 0 Å². The van der Waals surface area contributed by atoms with Crippen LogP contribution in [0.3, 0.4) is 0 Å². The Balaban J connectivity index is 2.05. The van der Waals surface area contributed by atoms with Crippen molar-refractivity contribution in [2.24, 2.45) is 11.8 Å². The van der Waals surface area contributed by atoms with E-state index in [1.54, 1.807) is 0 Å². The first-order valence-corrected chi connectivity index (χ1v) is 6.71. The lowest BCUT2D eigenvalue weighted by atomic mass is 10.1. The van der Waals surface area contributed by atoms with Crippen molar-refractivity contribution in [1.82, 2.24) is 15.0 Å². The highest BCUT2D eigenvalue weighted by Gasteiger charge is 2.25. The van der Waals surface area contributed by atoms with Gasteiger partial charge >= 0.3 is 0 Å². The van der Waals surface area contributed by atoms with Gasteiger partial charge in [0.05, 0.1) is 11.6 Å². The second-order valence-electron chi connectivity index (χ2n) is 5.17. The molecule has 0 atom stereocenters. The van der Waals surface area contributed by atoms with Crippen LogP contribution in [0.25, 0.3) is 0 Å². The van der Waals surface area contributed by atoms with Crippen molar-refractivity contribution in [3.63, 3.8) is 0 Å². The van der Waals surface area contributed by atoms with E-state index in [0.717, 1.165) is 31.0 Å². The molecule has 0 saturated heterocycles. The fourth-order valence-corrected chi connectivity index (χ4v) is 2.06. The largest absolute Gasteiger partial charge is 0.249 e. The summed E-state index contributed by atoms with van der Waals surface area (Å²) in [6, 6.07) is 0. The molecule has 0 aliphatic heterocycles. The number of alkyl halides is 1. The second-order valence-corrected chi connectivity index (χ2v) is 5.44. The van der Waals surface area contributed by atoms with Gasteiger partial charge < -0.3 is 0 Å². The van der Waals surface area contributed by atoms with Gasteiger partial charge in [0, 0.05) is 6.54 Å². The van der Waals surface area contributed by atoms with Crippen molar-refractivity contribution >= 4 is 11.6 Å². The summed E-state index contributed by atoms with van der Waals surface area (Å²) in [6.45, 7) is 5.45. The molecule has 90 valence electrons. The first-order chi connectivity index (χ1) is 7.70. The predicted octanol–water partition coefficient (Wildman–Crippen LogP) is 3.02. The van der Waals surface area contributed by atoms with Crippen LogP contribution in [-0.2, 0) is 18.8 Å². The molecule has 1 aliphatic carbocycles. The third kappa shape index (κ3) is 2.97. The topological polar surface area (TPSA) is 30.7 Å². The maximum atomic E-state index is 5.90. The summed E-state index contributed by atoms with van der Waals surface area (Å²) in [5.74, 6) is 2.06. The minimum absolute atomic E-state index is 0.490. The summed E-state index contributed by atoms with van der Waals surface area (Å²) in [4.78, 5) is 0. The van der Waals surface area contributed by atoms with E-state index < -0.39 is 0 Å². The highest BCUT2D eigenvalue weighted by Crippen LogP contribution is 2.33. The summed E-state index contributed by atoms with van der Waals surface area (Å²) in [7, 11) is 0.